The predicted molar refractivity (Wildman–Crippen MR) is 104 cm³/mol. The summed E-state index contributed by atoms with van der Waals surface area (Å²) in [5.74, 6) is -0.0499. The third-order valence-corrected chi connectivity index (χ3v) is 8.81. The first kappa shape index (κ1) is 19.9. The summed E-state index contributed by atoms with van der Waals surface area (Å²) < 4.78 is 16.9. The fourth-order valence-corrected chi connectivity index (χ4v) is 7.17. The first-order chi connectivity index (χ1) is 12.6. The zero-order valence-corrected chi connectivity index (χ0v) is 18.0. The lowest BCUT2D eigenvalue weighted by Crippen LogP contribution is -2.66. The fraction of sp³-hybridized carbons (Fsp3) is 0.600. The number of carbonyl (C=O) groups excluding carboxylic acids is 2. The lowest BCUT2D eigenvalue weighted by molar-refractivity contribution is -0.167. The molecule has 2 aliphatic rings. The van der Waals surface area contributed by atoms with Gasteiger partial charge >= 0.3 is 5.97 Å². The van der Waals surface area contributed by atoms with Crippen LogP contribution in [-0.2, 0) is 25.3 Å². The number of ether oxygens (including phenoxy) is 2. The SMILES string of the molecule is COC(=O)C1(C)N(Cc2ccc(OC)cc2)C(=O)[C@@H]2CC[Si](C)(C)O[C@@]21C. The van der Waals surface area contributed by atoms with Crippen LogP contribution in [0, 0.1) is 5.92 Å². The second-order valence-electron chi connectivity index (χ2n) is 8.40. The quantitative estimate of drug-likeness (QED) is 0.583. The van der Waals surface area contributed by atoms with Crippen molar-refractivity contribution in [1.29, 1.82) is 0 Å². The number of amides is 1. The number of hydrogen-bond donors (Lipinski definition) is 0. The monoisotopic (exact) mass is 391 g/mol. The Labute approximate surface area is 161 Å². The van der Waals surface area contributed by atoms with E-state index >= 15 is 0 Å². The van der Waals surface area contributed by atoms with Crippen LogP contribution in [0.5, 0.6) is 5.75 Å². The molecule has 2 fully saturated rings. The van der Waals surface area contributed by atoms with Crippen molar-refractivity contribution in [2.24, 2.45) is 5.92 Å². The average molecular weight is 392 g/mol. The van der Waals surface area contributed by atoms with E-state index in [0.29, 0.717) is 6.54 Å². The molecular formula is C20H29NO5Si. The minimum Gasteiger partial charge on any atom is -0.497 e. The topological polar surface area (TPSA) is 65.1 Å². The Morgan fingerprint density at radius 2 is 1.89 bits per heavy atom. The molecule has 6 nitrogen and oxygen atoms in total. The number of likely N-dealkylation sites (tertiary alicyclic amines) is 1. The highest BCUT2D eigenvalue weighted by Gasteiger charge is 2.71. The average Bonchev–Trinajstić information content (AvgIpc) is 2.78. The minimum atomic E-state index is -1.96. The maximum absolute atomic E-state index is 13.3. The number of methoxy groups -OCH3 is 2. The molecule has 0 radical (unpaired) electrons. The molecule has 27 heavy (non-hydrogen) atoms. The van der Waals surface area contributed by atoms with Crippen LogP contribution < -0.4 is 4.74 Å². The summed E-state index contributed by atoms with van der Waals surface area (Å²) in [6.07, 6.45) is 0.750. The van der Waals surface area contributed by atoms with Gasteiger partial charge in [0.1, 0.15) is 5.75 Å². The Morgan fingerprint density at radius 1 is 1.26 bits per heavy atom. The van der Waals surface area contributed by atoms with Crippen LogP contribution in [0.25, 0.3) is 0 Å². The smallest absolute Gasteiger partial charge is 0.334 e. The molecule has 2 heterocycles. The Balaban J connectivity index is 2.03. The molecule has 2 saturated heterocycles. The summed E-state index contributed by atoms with van der Waals surface area (Å²) in [6, 6.07) is 8.44. The van der Waals surface area contributed by atoms with Crippen molar-refractivity contribution in [1.82, 2.24) is 4.90 Å². The Bertz CT molecular complexity index is 749. The van der Waals surface area contributed by atoms with Crippen LogP contribution in [0.2, 0.25) is 19.1 Å². The number of esters is 1. The highest BCUT2D eigenvalue weighted by molar-refractivity contribution is 6.71. The van der Waals surface area contributed by atoms with Gasteiger partial charge in [0.2, 0.25) is 5.91 Å². The number of carbonyl (C=O) groups is 2. The summed E-state index contributed by atoms with van der Waals surface area (Å²) in [4.78, 5) is 28.0. The maximum atomic E-state index is 13.3. The first-order valence-electron chi connectivity index (χ1n) is 9.32. The molecule has 0 bridgehead atoms. The number of nitrogens with zero attached hydrogens (tertiary/aromatic N) is 1. The Kier molecular flexibility index (Phi) is 4.89. The van der Waals surface area contributed by atoms with Gasteiger partial charge in [0.05, 0.1) is 25.7 Å². The van der Waals surface area contributed by atoms with Crippen LogP contribution in [0.1, 0.15) is 25.8 Å². The molecule has 0 aromatic heterocycles. The van der Waals surface area contributed by atoms with Crippen LogP contribution in [0.4, 0.5) is 0 Å². The fourth-order valence-electron chi connectivity index (χ4n) is 4.60. The number of rotatable bonds is 4. The normalized spacial score (nSPS) is 32.1. The van der Waals surface area contributed by atoms with Gasteiger partial charge in [-0.25, -0.2) is 4.79 Å². The summed E-state index contributed by atoms with van der Waals surface area (Å²) in [5, 5.41) is 0. The van der Waals surface area contributed by atoms with E-state index in [4.69, 9.17) is 13.9 Å². The lowest BCUT2D eigenvalue weighted by atomic mass is 9.76. The molecule has 7 heteroatoms. The molecule has 148 valence electrons. The van der Waals surface area contributed by atoms with Crippen molar-refractivity contribution >= 4 is 20.2 Å². The van der Waals surface area contributed by atoms with Gasteiger partial charge in [0, 0.05) is 6.54 Å². The Hall–Kier alpha value is -1.86. The van der Waals surface area contributed by atoms with E-state index < -0.39 is 25.4 Å². The third kappa shape index (κ3) is 2.97. The van der Waals surface area contributed by atoms with Gasteiger partial charge in [0.25, 0.3) is 0 Å². The Morgan fingerprint density at radius 3 is 2.44 bits per heavy atom. The first-order valence-corrected chi connectivity index (χ1v) is 12.4. The van der Waals surface area contributed by atoms with E-state index in [9.17, 15) is 9.59 Å². The highest BCUT2D eigenvalue weighted by atomic mass is 28.4. The van der Waals surface area contributed by atoms with E-state index in [0.717, 1.165) is 23.8 Å². The van der Waals surface area contributed by atoms with Crippen molar-refractivity contribution < 1.29 is 23.5 Å². The standard InChI is InChI=1S/C20H29NO5Si/c1-19(18(23)25-4)20(2)16(11-12-27(5,6)26-20)17(22)21(19)13-14-7-9-15(24-3)10-8-14/h7-10,16H,11-13H2,1-6H3/t16-,19?,20-/m0/s1. The summed E-state index contributed by atoms with van der Waals surface area (Å²) in [5.41, 5.74) is -1.14. The van der Waals surface area contributed by atoms with E-state index in [2.05, 4.69) is 13.1 Å². The molecule has 0 saturated carbocycles. The largest absolute Gasteiger partial charge is 0.497 e. The molecular weight excluding hydrogens is 362 g/mol. The highest BCUT2D eigenvalue weighted by Crippen LogP contribution is 2.53. The second-order valence-corrected chi connectivity index (χ2v) is 12.6. The van der Waals surface area contributed by atoms with Crippen molar-refractivity contribution in [3.8, 4) is 5.75 Å². The van der Waals surface area contributed by atoms with Crippen LogP contribution in [0.3, 0.4) is 0 Å². The molecule has 0 aliphatic carbocycles. The number of benzene rings is 1. The van der Waals surface area contributed by atoms with Gasteiger partial charge in [-0.3, -0.25) is 4.79 Å². The van der Waals surface area contributed by atoms with E-state index in [-0.39, 0.29) is 11.8 Å². The molecule has 0 N–H and O–H groups in total. The molecule has 1 aromatic carbocycles. The molecule has 3 atom stereocenters. The summed E-state index contributed by atoms with van der Waals surface area (Å²) in [7, 11) is 1.02. The number of hydrogen-bond acceptors (Lipinski definition) is 5. The summed E-state index contributed by atoms with van der Waals surface area (Å²) >= 11 is 0. The van der Waals surface area contributed by atoms with Gasteiger partial charge in [-0.1, -0.05) is 12.1 Å². The van der Waals surface area contributed by atoms with Crippen molar-refractivity contribution in [2.75, 3.05) is 14.2 Å². The van der Waals surface area contributed by atoms with Crippen LogP contribution in [-0.4, -0.2) is 50.5 Å². The van der Waals surface area contributed by atoms with E-state index in [1.807, 2.05) is 31.2 Å². The van der Waals surface area contributed by atoms with Gasteiger partial charge in [-0.2, -0.15) is 0 Å². The third-order valence-electron chi connectivity index (χ3n) is 6.34. The maximum Gasteiger partial charge on any atom is 0.334 e. The molecule has 1 amide bonds. The molecule has 1 aromatic rings. The zero-order chi connectivity index (χ0) is 20.0. The van der Waals surface area contributed by atoms with Crippen molar-refractivity contribution in [3.05, 3.63) is 29.8 Å². The predicted octanol–water partition coefficient (Wildman–Crippen LogP) is 2.97. The van der Waals surface area contributed by atoms with Gasteiger partial charge in [-0.15, -0.1) is 0 Å². The lowest BCUT2D eigenvalue weighted by Gasteiger charge is -2.50. The van der Waals surface area contributed by atoms with Gasteiger partial charge in [-0.05, 0) is 57.1 Å². The zero-order valence-electron chi connectivity index (χ0n) is 17.0. The molecule has 3 rings (SSSR count). The van der Waals surface area contributed by atoms with Crippen LogP contribution >= 0.6 is 0 Å². The number of fused-ring (bicyclic) bond motifs is 1. The molecule has 1 unspecified atom stereocenters. The van der Waals surface area contributed by atoms with Gasteiger partial charge in [0.15, 0.2) is 13.9 Å². The van der Waals surface area contributed by atoms with E-state index in [1.54, 1.807) is 18.9 Å². The molecule has 2 aliphatic heterocycles. The van der Waals surface area contributed by atoms with Crippen molar-refractivity contribution in [3.63, 3.8) is 0 Å². The van der Waals surface area contributed by atoms with Crippen molar-refractivity contribution in [2.45, 2.75) is 57.1 Å². The second kappa shape index (κ2) is 6.63. The van der Waals surface area contributed by atoms with E-state index in [1.165, 1.54) is 7.11 Å². The minimum absolute atomic E-state index is 0.0364. The molecule has 0 spiro atoms. The summed E-state index contributed by atoms with van der Waals surface area (Å²) in [6.45, 7) is 8.31. The van der Waals surface area contributed by atoms with Gasteiger partial charge < -0.3 is 18.8 Å². The van der Waals surface area contributed by atoms with Crippen LogP contribution in [0.15, 0.2) is 24.3 Å².